The number of amides is 1. The Balaban J connectivity index is 2.14. The fourth-order valence-electron chi connectivity index (χ4n) is 1.80. The minimum absolute atomic E-state index is 0.121. The fourth-order valence-corrected chi connectivity index (χ4v) is 3.60. The largest absolute Gasteiger partial charge is 0.357 e. The highest BCUT2D eigenvalue weighted by Gasteiger charge is 2.21. The molecule has 1 amide bonds. The summed E-state index contributed by atoms with van der Waals surface area (Å²) in [6.45, 7) is 7.90. The van der Waals surface area contributed by atoms with Gasteiger partial charge in [-0.2, -0.15) is 5.26 Å². The van der Waals surface area contributed by atoms with E-state index in [9.17, 15) is 10.1 Å². The fraction of sp³-hybridized carbons (Fsp3) is 0.400. The zero-order valence-corrected chi connectivity index (χ0v) is 14.6. The summed E-state index contributed by atoms with van der Waals surface area (Å²) in [7, 11) is 0. The Bertz CT molecular complexity index is 692. The summed E-state index contributed by atoms with van der Waals surface area (Å²) < 4.78 is 0. The van der Waals surface area contributed by atoms with Gasteiger partial charge in [-0.05, 0) is 39.1 Å². The zero-order chi connectivity index (χ0) is 16.3. The second kappa shape index (κ2) is 6.46. The van der Waals surface area contributed by atoms with Gasteiger partial charge in [-0.25, -0.2) is 4.98 Å². The number of thiophene rings is 1. The molecule has 1 atom stereocenters. The number of rotatable bonds is 4. The number of hydrogen-bond donors (Lipinski definition) is 2. The molecule has 0 fully saturated rings. The number of thiazole rings is 1. The van der Waals surface area contributed by atoms with Crippen LogP contribution in [-0.4, -0.2) is 16.4 Å². The highest BCUT2D eigenvalue weighted by Crippen LogP contribution is 2.26. The van der Waals surface area contributed by atoms with E-state index in [1.165, 1.54) is 22.7 Å². The molecule has 0 aliphatic heterocycles. The number of aromatic nitrogens is 1. The van der Waals surface area contributed by atoms with Gasteiger partial charge in [0.15, 0.2) is 11.2 Å². The van der Waals surface area contributed by atoms with Crippen molar-refractivity contribution in [1.82, 2.24) is 10.3 Å². The lowest BCUT2D eigenvalue weighted by molar-refractivity contribution is 0.0949. The molecule has 0 spiro atoms. The Morgan fingerprint density at radius 3 is 2.73 bits per heavy atom. The van der Waals surface area contributed by atoms with Gasteiger partial charge >= 0.3 is 0 Å². The molecule has 0 aliphatic carbocycles. The smallest absolute Gasteiger partial charge is 0.264 e. The molecule has 0 saturated carbocycles. The molecule has 116 valence electrons. The van der Waals surface area contributed by atoms with Gasteiger partial charge < -0.3 is 10.6 Å². The standard InChI is InChI=1S/C15H18N4OS2/c1-9-12(22-14(17-9)19-15(2,3)4)13(20)18-10(8-16)11-6-5-7-21-11/h5-7,10H,1-4H3,(H,17,19)(H,18,20). The molecule has 2 heterocycles. The van der Waals surface area contributed by atoms with Crippen LogP contribution >= 0.6 is 22.7 Å². The van der Waals surface area contributed by atoms with Crippen molar-refractivity contribution in [3.05, 3.63) is 33.0 Å². The lowest BCUT2D eigenvalue weighted by Gasteiger charge is -2.19. The Morgan fingerprint density at radius 1 is 1.45 bits per heavy atom. The topological polar surface area (TPSA) is 77.8 Å². The first kappa shape index (κ1) is 16.5. The molecule has 0 saturated heterocycles. The Hall–Kier alpha value is -1.91. The molecule has 2 aromatic heterocycles. The van der Waals surface area contributed by atoms with Gasteiger partial charge in [0.1, 0.15) is 4.88 Å². The van der Waals surface area contributed by atoms with E-state index in [1.807, 2.05) is 38.3 Å². The normalized spacial score (nSPS) is 12.5. The van der Waals surface area contributed by atoms with Crippen LogP contribution in [0.1, 0.15) is 47.1 Å². The summed E-state index contributed by atoms with van der Waals surface area (Å²) in [5, 5.41) is 17.8. The number of carbonyl (C=O) groups is 1. The first-order chi connectivity index (χ1) is 10.3. The van der Waals surface area contributed by atoms with Crippen LogP contribution in [0.4, 0.5) is 5.13 Å². The predicted molar refractivity (Wildman–Crippen MR) is 90.4 cm³/mol. The van der Waals surface area contributed by atoms with E-state index in [4.69, 9.17) is 0 Å². The van der Waals surface area contributed by atoms with Crippen molar-refractivity contribution in [2.45, 2.75) is 39.3 Å². The van der Waals surface area contributed by atoms with E-state index in [2.05, 4.69) is 21.7 Å². The zero-order valence-electron chi connectivity index (χ0n) is 12.9. The van der Waals surface area contributed by atoms with Gasteiger partial charge in [0.25, 0.3) is 5.91 Å². The number of anilines is 1. The number of nitriles is 1. The van der Waals surface area contributed by atoms with Crippen molar-refractivity contribution >= 4 is 33.7 Å². The first-order valence-corrected chi connectivity index (χ1v) is 8.49. The summed E-state index contributed by atoms with van der Waals surface area (Å²) in [5.41, 5.74) is 0.543. The third-order valence-electron chi connectivity index (χ3n) is 2.72. The van der Waals surface area contributed by atoms with Gasteiger partial charge in [-0.3, -0.25) is 4.79 Å². The van der Waals surface area contributed by atoms with E-state index in [1.54, 1.807) is 6.92 Å². The molecule has 0 aliphatic rings. The first-order valence-electron chi connectivity index (χ1n) is 6.79. The van der Waals surface area contributed by atoms with Crippen LogP contribution in [0.3, 0.4) is 0 Å². The second-order valence-corrected chi connectivity index (χ2v) is 7.84. The molecular weight excluding hydrogens is 316 g/mol. The molecule has 0 bridgehead atoms. The van der Waals surface area contributed by atoms with E-state index in [-0.39, 0.29) is 11.4 Å². The lowest BCUT2D eigenvalue weighted by Crippen LogP contribution is -2.27. The maximum Gasteiger partial charge on any atom is 0.264 e. The Morgan fingerprint density at radius 2 is 2.18 bits per heavy atom. The van der Waals surface area contributed by atoms with Crippen LogP contribution in [0.25, 0.3) is 0 Å². The monoisotopic (exact) mass is 334 g/mol. The van der Waals surface area contributed by atoms with Gasteiger partial charge in [0, 0.05) is 10.4 Å². The van der Waals surface area contributed by atoms with Crippen LogP contribution in [-0.2, 0) is 0 Å². The van der Waals surface area contributed by atoms with Gasteiger partial charge in [-0.15, -0.1) is 11.3 Å². The third kappa shape index (κ3) is 4.06. The van der Waals surface area contributed by atoms with Crippen molar-refractivity contribution in [2.75, 3.05) is 5.32 Å². The second-order valence-electron chi connectivity index (χ2n) is 5.86. The van der Waals surface area contributed by atoms with Crippen LogP contribution in [0.2, 0.25) is 0 Å². The molecule has 0 radical (unpaired) electrons. The number of nitrogens with one attached hydrogen (secondary N) is 2. The average molecular weight is 334 g/mol. The Kier molecular flexibility index (Phi) is 4.84. The van der Waals surface area contributed by atoms with Gasteiger partial charge in [-0.1, -0.05) is 17.4 Å². The number of aryl methyl sites for hydroxylation is 1. The van der Waals surface area contributed by atoms with Crippen LogP contribution in [0.5, 0.6) is 0 Å². The maximum absolute atomic E-state index is 12.4. The summed E-state index contributed by atoms with van der Waals surface area (Å²) in [6, 6.07) is 5.18. The summed E-state index contributed by atoms with van der Waals surface area (Å²) >= 11 is 2.75. The van der Waals surface area contributed by atoms with Crippen molar-refractivity contribution in [3.63, 3.8) is 0 Å². The summed E-state index contributed by atoms with van der Waals surface area (Å²) in [5.74, 6) is -0.267. The van der Waals surface area contributed by atoms with Crippen molar-refractivity contribution in [1.29, 1.82) is 5.26 Å². The molecular formula is C15H18N4OS2. The van der Waals surface area contributed by atoms with Crippen LogP contribution in [0.15, 0.2) is 17.5 Å². The molecule has 5 nitrogen and oxygen atoms in total. The van der Waals surface area contributed by atoms with E-state index >= 15 is 0 Å². The molecule has 0 aromatic carbocycles. The number of hydrogen-bond acceptors (Lipinski definition) is 6. The summed E-state index contributed by atoms with van der Waals surface area (Å²) in [4.78, 5) is 18.1. The van der Waals surface area contributed by atoms with E-state index < -0.39 is 6.04 Å². The highest BCUT2D eigenvalue weighted by atomic mass is 32.1. The lowest BCUT2D eigenvalue weighted by atomic mass is 10.1. The number of nitrogens with zero attached hydrogens (tertiary/aromatic N) is 2. The summed E-state index contributed by atoms with van der Waals surface area (Å²) in [6.07, 6.45) is 0. The maximum atomic E-state index is 12.4. The average Bonchev–Trinajstić information content (AvgIpc) is 3.03. The van der Waals surface area contributed by atoms with E-state index in [0.29, 0.717) is 15.7 Å². The minimum atomic E-state index is -0.631. The molecule has 2 N–H and O–H groups in total. The third-order valence-corrected chi connectivity index (χ3v) is 4.73. The molecule has 22 heavy (non-hydrogen) atoms. The quantitative estimate of drug-likeness (QED) is 0.893. The van der Waals surface area contributed by atoms with Crippen molar-refractivity contribution in [3.8, 4) is 6.07 Å². The minimum Gasteiger partial charge on any atom is -0.357 e. The van der Waals surface area contributed by atoms with Crippen molar-refractivity contribution in [2.24, 2.45) is 0 Å². The van der Waals surface area contributed by atoms with Crippen LogP contribution < -0.4 is 10.6 Å². The van der Waals surface area contributed by atoms with Gasteiger partial charge in [0.05, 0.1) is 11.8 Å². The molecule has 2 rings (SSSR count). The van der Waals surface area contributed by atoms with Gasteiger partial charge in [0.2, 0.25) is 0 Å². The van der Waals surface area contributed by atoms with E-state index in [0.717, 1.165) is 4.88 Å². The molecule has 2 aromatic rings. The number of carbonyl (C=O) groups excluding carboxylic acids is 1. The molecule has 7 heteroatoms. The Labute approximate surface area is 138 Å². The highest BCUT2D eigenvalue weighted by molar-refractivity contribution is 7.17. The predicted octanol–water partition coefficient (Wildman–Crippen LogP) is 3.72. The van der Waals surface area contributed by atoms with Crippen LogP contribution in [0, 0.1) is 18.3 Å². The molecule has 1 unspecified atom stereocenters. The van der Waals surface area contributed by atoms with Crippen molar-refractivity contribution < 1.29 is 4.79 Å². The SMILES string of the molecule is Cc1nc(NC(C)(C)C)sc1C(=O)NC(C#N)c1cccs1.